The van der Waals surface area contributed by atoms with Crippen LogP contribution >= 0.6 is 0 Å². The lowest BCUT2D eigenvalue weighted by atomic mass is 9.46. The highest BCUT2D eigenvalue weighted by atomic mass is 16.6. The third-order valence-corrected chi connectivity index (χ3v) is 8.32. The molecule has 158 valence electrons. The Kier molecular flexibility index (Phi) is 4.35. The number of non-ortho nitro benzene ring substituents is 1. The summed E-state index contributed by atoms with van der Waals surface area (Å²) >= 11 is 0. The molecule has 0 unspecified atom stereocenters. The first-order chi connectivity index (χ1) is 14.4. The van der Waals surface area contributed by atoms with Crippen molar-refractivity contribution < 1.29 is 10.0 Å². The largest absolute Gasteiger partial charge is 0.508 e. The molecule has 4 atom stereocenters. The number of nitro benzene ring substituents is 1. The minimum Gasteiger partial charge on any atom is -0.508 e. The summed E-state index contributed by atoms with van der Waals surface area (Å²) in [6, 6.07) is 13.1. The number of nitrogens with zero attached hydrogens (tertiary/aromatic N) is 2. The van der Waals surface area contributed by atoms with Crippen molar-refractivity contribution in [1.29, 1.82) is 0 Å². The summed E-state index contributed by atoms with van der Waals surface area (Å²) in [7, 11) is 0. The molecule has 0 radical (unpaired) electrons. The van der Waals surface area contributed by atoms with E-state index < -0.39 is 0 Å². The summed E-state index contributed by atoms with van der Waals surface area (Å²) in [5, 5.41) is 21.3. The highest BCUT2D eigenvalue weighted by Gasteiger charge is 2.63. The maximum Gasteiger partial charge on any atom is 0.269 e. The van der Waals surface area contributed by atoms with Gasteiger partial charge in [-0.1, -0.05) is 26.3 Å². The van der Waals surface area contributed by atoms with Crippen LogP contribution in [-0.2, 0) is 12.0 Å². The molecule has 0 aromatic heterocycles. The van der Waals surface area contributed by atoms with Gasteiger partial charge in [-0.3, -0.25) is 10.1 Å². The van der Waals surface area contributed by atoms with Gasteiger partial charge in [-0.2, -0.15) is 0 Å². The number of benzene rings is 2. The van der Waals surface area contributed by atoms with Gasteiger partial charge in [0, 0.05) is 24.4 Å². The van der Waals surface area contributed by atoms with Gasteiger partial charge in [0.15, 0.2) is 0 Å². The van der Waals surface area contributed by atoms with E-state index in [4.69, 9.17) is 0 Å². The summed E-state index contributed by atoms with van der Waals surface area (Å²) in [6.45, 7) is 5.73. The minimum atomic E-state index is -0.329. The molecular weight excluding hydrogens is 376 g/mol. The molecule has 2 aromatic carbocycles. The second-order valence-electron chi connectivity index (χ2n) is 9.82. The summed E-state index contributed by atoms with van der Waals surface area (Å²) in [4.78, 5) is 13.4. The van der Waals surface area contributed by atoms with E-state index in [9.17, 15) is 15.2 Å². The van der Waals surface area contributed by atoms with Crippen LogP contribution in [0.15, 0.2) is 42.5 Å². The number of anilines is 1. The zero-order valence-corrected chi connectivity index (χ0v) is 17.8. The monoisotopic (exact) mass is 406 g/mol. The third kappa shape index (κ3) is 2.60. The average Bonchev–Trinajstić information content (AvgIpc) is 2.74. The molecule has 2 aliphatic carbocycles. The standard InChI is InChI=1S/C25H30N2O3/c1-3-4-22-23-11-5-17-15-20(28)10-12-21(17)25(23)14-13-24(22,2)16-26(25)18-6-8-19(9-7-18)27(29)30/h6-10,12,15,22-23,28H,3-5,11,13-14,16H2,1-2H3/t22-,23-,24+,25-/m0/s1. The first-order valence-corrected chi connectivity index (χ1v) is 11.2. The Morgan fingerprint density at radius 3 is 2.67 bits per heavy atom. The topological polar surface area (TPSA) is 66.6 Å². The van der Waals surface area contributed by atoms with Gasteiger partial charge in [0.05, 0.1) is 10.5 Å². The number of piperidine rings is 2. The molecule has 2 bridgehead atoms. The summed E-state index contributed by atoms with van der Waals surface area (Å²) < 4.78 is 0. The van der Waals surface area contributed by atoms with Crippen molar-refractivity contribution in [1.82, 2.24) is 0 Å². The molecule has 6 rings (SSSR count). The Morgan fingerprint density at radius 2 is 1.97 bits per heavy atom. The van der Waals surface area contributed by atoms with Crippen molar-refractivity contribution in [2.75, 3.05) is 11.4 Å². The van der Waals surface area contributed by atoms with Gasteiger partial charge in [-0.15, -0.1) is 0 Å². The fourth-order valence-corrected chi connectivity index (χ4v) is 7.08. The van der Waals surface area contributed by atoms with E-state index in [1.807, 2.05) is 24.3 Å². The molecule has 1 N–H and O–H groups in total. The van der Waals surface area contributed by atoms with E-state index in [1.165, 1.54) is 30.4 Å². The van der Waals surface area contributed by atoms with E-state index in [1.54, 1.807) is 12.1 Å². The number of phenols is 1. The van der Waals surface area contributed by atoms with Crippen LogP contribution in [0, 0.1) is 27.4 Å². The first kappa shape index (κ1) is 19.4. The molecule has 2 heterocycles. The van der Waals surface area contributed by atoms with E-state index >= 15 is 0 Å². The predicted octanol–water partition coefficient (Wildman–Crippen LogP) is 5.79. The number of aryl methyl sites for hydroxylation is 1. The lowest BCUT2D eigenvalue weighted by molar-refractivity contribution is -0.384. The number of hydrogen-bond acceptors (Lipinski definition) is 4. The Labute approximate surface area is 177 Å². The van der Waals surface area contributed by atoms with Gasteiger partial charge in [-0.05, 0) is 84.7 Å². The zero-order chi connectivity index (χ0) is 21.1. The highest BCUT2D eigenvalue weighted by molar-refractivity contribution is 5.59. The van der Waals surface area contributed by atoms with E-state index in [0.29, 0.717) is 17.6 Å². The summed E-state index contributed by atoms with van der Waals surface area (Å²) in [5.74, 6) is 1.59. The van der Waals surface area contributed by atoms with Gasteiger partial charge in [-0.25, -0.2) is 0 Å². The normalized spacial score (nSPS) is 31.9. The fourth-order valence-electron chi connectivity index (χ4n) is 7.08. The van der Waals surface area contributed by atoms with E-state index in [-0.39, 0.29) is 21.6 Å². The molecular formula is C25H30N2O3. The van der Waals surface area contributed by atoms with Crippen molar-refractivity contribution in [2.45, 2.75) is 57.9 Å². The van der Waals surface area contributed by atoms with Crippen molar-refractivity contribution >= 4 is 11.4 Å². The number of fused-ring (bicyclic) bond motifs is 3. The Hall–Kier alpha value is -2.56. The smallest absolute Gasteiger partial charge is 0.269 e. The summed E-state index contributed by atoms with van der Waals surface area (Å²) in [6.07, 6.45) is 6.92. The lowest BCUT2D eigenvalue weighted by Gasteiger charge is -2.69. The number of aromatic hydroxyl groups is 1. The molecule has 0 amide bonds. The molecule has 1 spiro atoms. The molecule has 5 nitrogen and oxygen atoms in total. The van der Waals surface area contributed by atoms with Crippen LogP contribution in [-0.4, -0.2) is 16.6 Å². The zero-order valence-electron chi connectivity index (χ0n) is 17.8. The second-order valence-corrected chi connectivity index (χ2v) is 9.82. The molecule has 2 aromatic rings. The molecule has 2 aliphatic heterocycles. The van der Waals surface area contributed by atoms with Crippen molar-refractivity contribution in [3.63, 3.8) is 0 Å². The maximum atomic E-state index is 11.2. The van der Waals surface area contributed by atoms with Gasteiger partial charge in [0.1, 0.15) is 5.75 Å². The van der Waals surface area contributed by atoms with Crippen LogP contribution in [0.2, 0.25) is 0 Å². The second kappa shape index (κ2) is 6.73. The van der Waals surface area contributed by atoms with Crippen LogP contribution in [0.3, 0.4) is 0 Å². The SMILES string of the molecule is CCC[C@H]1[C@@H]2CCc3cc(O)ccc3[C@@]23CC[C@]1(C)CN3c1ccc([N+](=O)[O-])cc1. The Bertz CT molecular complexity index is 988. The van der Waals surface area contributed by atoms with Gasteiger partial charge < -0.3 is 10.0 Å². The van der Waals surface area contributed by atoms with Crippen LogP contribution < -0.4 is 4.90 Å². The maximum absolute atomic E-state index is 11.2. The van der Waals surface area contributed by atoms with Crippen LogP contribution in [0.4, 0.5) is 11.4 Å². The number of hydrogen-bond donors (Lipinski definition) is 1. The lowest BCUT2D eigenvalue weighted by Crippen LogP contribution is -2.69. The van der Waals surface area contributed by atoms with Crippen molar-refractivity contribution in [3.05, 3.63) is 63.7 Å². The number of phenolic OH excluding ortho intramolecular Hbond substituents is 1. The van der Waals surface area contributed by atoms with Crippen LogP contribution in [0.5, 0.6) is 5.75 Å². The van der Waals surface area contributed by atoms with E-state index in [0.717, 1.165) is 31.5 Å². The van der Waals surface area contributed by atoms with Crippen molar-refractivity contribution in [2.24, 2.45) is 17.3 Å². The molecule has 3 fully saturated rings. The average molecular weight is 407 g/mol. The molecule has 5 heteroatoms. The van der Waals surface area contributed by atoms with Crippen LogP contribution in [0.25, 0.3) is 0 Å². The van der Waals surface area contributed by atoms with Gasteiger partial charge >= 0.3 is 0 Å². The van der Waals surface area contributed by atoms with Crippen molar-refractivity contribution in [3.8, 4) is 5.75 Å². The van der Waals surface area contributed by atoms with E-state index in [2.05, 4.69) is 24.8 Å². The first-order valence-electron chi connectivity index (χ1n) is 11.2. The van der Waals surface area contributed by atoms with Crippen LogP contribution in [0.1, 0.15) is 57.1 Å². The molecule has 1 saturated carbocycles. The van der Waals surface area contributed by atoms with Gasteiger partial charge in [0.2, 0.25) is 0 Å². The van der Waals surface area contributed by atoms with Gasteiger partial charge in [0.25, 0.3) is 5.69 Å². The molecule has 30 heavy (non-hydrogen) atoms. The highest BCUT2D eigenvalue weighted by Crippen LogP contribution is 2.65. The molecule has 2 saturated heterocycles. The Morgan fingerprint density at radius 1 is 1.20 bits per heavy atom. The third-order valence-electron chi connectivity index (χ3n) is 8.32. The number of nitro groups is 1. The predicted molar refractivity (Wildman–Crippen MR) is 118 cm³/mol. The summed E-state index contributed by atoms with van der Waals surface area (Å²) in [5.41, 5.74) is 4.01. The Balaban J connectivity index is 1.68. The number of rotatable bonds is 4. The fraction of sp³-hybridized carbons (Fsp3) is 0.520. The quantitative estimate of drug-likeness (QED) is 0.515. The minimum absolute atomic E-state index is 0.0883. The molecule has 4 aliphatic rings.